The molecule has 1 heterocycles. The summed E-state index contributed by atoms with van der Waals surface area (Å²) in [6, 6.07) is 7.14. The van der Waals surface area contributed by atoms with Gasteiger partial charge in [0.1, 0.15) is 11.4 Å². The highest BCUT2D eigenvalue weighted by Gasteiger charge is 2.28. The van der Waals surface area contributed by atoms with Crippen LogP contribution in [0.15, 0.2) is 36.7 Å². The summed E-state index contributed by atoms with van der Waals surface area (Å²) < 4.78 is 13.7. The Kier molecular flexibility index (Phi) is 3.18. The van der Waals surface area contributed by atoms with Crippen molar-refractivity contribution in [2.24, 2.45) is 0 Å². The SMILES string of the molecule is Cc1ccc(C(C)(O)c2ccncc2F)cc1C. The van der Waals surface area contributed by atoms with Crippen molar-refractivity contribution in [3.63, 3.8) is 0 Å². The number of aryl methyl sites for hydroxylation is 2. The van der Waals surface area contributed by atoms with Crippen LogP contribution >= 0.6 is 0 Å². The summed E-state index contributed by atoms with van der Waals surface area (Å²) in [6.07, 6.45) is 2.60. The summed E-state index contributed by atoms with van der Waals surface area (Å²) in [4.78, 5) is 3.70. The Morgan fingerprint density at radius 2 is 1.89 bits per heavy atom. The Morgan fingerprint density at radius 3 is 2.50 bits per heavy atom. The number of benzene rings is 1. The minimum Gasteiger partial charge on any atom is -0.381 e. The first-order valence-electron chi connectivity index (χ1n) is 5.83. The molecular formula is C15H16FNO. The molecule has 0 radical (unpaired) electrons. The van der Waals surface area contributed by atoms with E-state index < -0.39 is 11.4 Å². The van der Waals surface area contributed by atoms with E-state index in [-0.39, 0.29) is 5.56 Å². The average Bonchev–Trinajstić information content (AvgIpc) is 2.33. The fourth-order valence-corrected chi connectivity index (χ4v) is 1.97. The van der Waals surface area contributed by atoms with Crippen molar-refractivity contribution in [1.82, 2.24) is 4.98 Å². The quantitative estimate of drug-likeness (QED) is 0.882. The third-order valence-electron chi connectivity index (χ3n) is 3.37. The van der Waals surface area contributed by atoms with Crippen molar-refractivity contribution in [2.45, 2.75) is 26.4 Å². The van der Waals surface area contributed by atoms with Crippen molar-refractivity contribution >= 4 is 0 Å². The molecule has 18 heavy (non-hydrogen) atoms. The van der Waals surface area contributed by atoms with Crippen LogP contribution in [0.3, 0.4) is 0 Å². The molecule has 0 aliphatic rings. The van der Waals surface area contributed by atoms with Crippen LogP contribution in [-0.2, 0) is 5.60 Å². The molecule has 2 nitrogen and oxygen atoms in total. The predicted molar refractivity (Wildman–Crippen MR) is 68.8 cm³/mol. The average molecular weight is 245 g/mol. The molecule has 0 aliphatic carbocycles. The molecule has 0 spiro atoms. The number of hydrogen-bond acceptors (Lipinski definition) is 2. The fourth-order valence-electron chi connectivity index (χ4n) is 1.97. The van der Waals surface area contributed by atoms with Gasteiger partial charge in [-0.05, 0) is 43.5 Å². The summed E-state index contributed by atoms with van der Waals surface area (Å²) in [5, 5.41) is 10.6. The lowest BCUT2D eigenvalue weighted by Gasteiger charge is -2.25. The summed E-state index contributed by atoms with van der Waals surface area (Å²) in [6.45, 7) is 5.56. The highest BCUT2D eigenvalue weighted by atomic mass is 19.1. The van der Waals surface area contributed by atoms with Crippen molar-refractivity contribution < 1.29 is 9.50 Å². The van der Waals surface area contributed by atoms with Gasteiger partial charge < -0.3 is 5.11 Å². The number of rotatable bonds is 2. The third-order valence-corrected chi connectivity index (χ3v) is 3.37. The van der Waals surface area contributed by atoms with Gasteiger partial charge in [0.05, 0.1) is 6.20 Å². The number of aliphatic hydroxyl groups is 1. The van der Waals surface area contributed by atoms with Gasteiger partial charge in [0.25, 0.3) is 0 Å². The topological polar surface area (TPSA) is 33.1 Å². The van der Waals surface area contributed by atoms with Crippen LogP contribution in [-0.4, -0.2) is 10.1 Å². The van der Waals surface area contributed by atoms with E-state index in [1.165, 1.54) is 12.3 Å². The van der Waals surface area contributed by atoms with E-state index in [1.807, 2.05) is 32.0 Å². The van der Waals surface area contributed by atoms with Crippen LogP contribution in [0.2, 0.25) is 0 Å². The molecule has 3 heteroatoms. The molecule has 1 aromatic heterocycles. The maximum Gasteiger partial charge on any atom is 0.147 e. The molecule has 1 unspecified atom stereocenters. The van der Waals surface area contributed by atoms with Gasteiger partial charge in [-0.2, -0.15) is 0 Å². The number of halogens is 1. The molecular weight excluding hydrogens is 229 g/mol. The first kappa shape index (κ1) is 12.7. The maximum absolute atomic E-state index is 13.7. The van der Waals surface area contributed by atoms with E-state index in [1.54, 1.807) is 6.92 Å². The smallest absolute Gasteiger partial charge is 0.147 e. The summed E-state index contributed by atoms with van der Waals surface area (Å²) in [5.74, 6) is -0.499. The van der Waals surface area contributed by atoms with E-state index >= 15 is 0 Å². The molecule has 1 atom stereocenters. The van der Waals surface area contributed by atoms with Gasteiger partial charge >= 0.3 is 0 Å². The van der Waals surface area contributed by atoms with Crippen molar-refractivity contribution in [2.75, 3.05) is 0 Å². The molecule has 1 aromatic carbocycles. The second kappa shape index (κ2) is 4.50. The van der Waals surface area contributed by atoms with Crippen LogP contribution in [0.1, 0.15) is 29.2 Å². The van der Waals surface area contributed by atoms with Crippen LogP contribution in [0, 0.1) is 19.7 Å². The molecule has 0 aliphatic heterocycles. The normalized spacial score (nSPS) is 14.3. The second-order valence-electron chi connectivity index (χ2n) is 4.73. The van der Waals surface area contributed by atoms with Crippen LogP contribution in [0.4, 0.5) is 4.39 Å². The Bertz CT molecular complexity index is 578. The minimum atomic E-state index is -1.36. The molecule has 0 amide bonds. The lowest BCUT2D eigenvalue weighted by molar-refractivity contribution is 0.0977. The first-order chi connectivity index (χ1) is 8.43. The highest BCUT2D eigenvalue weighted by molar-refractivity contribution is 5.39. The summed E-state index contributed by atoms with van der Waals surface area (Å²) in [5.41, 5.74) is 1.77. The highest BCUT2D eigenvalue weighted by Crippen LogP contribution is 2.31. The lowest BCUT2D eigenvalue weighted by Crippen LogP contribution is -2.24. The Morgan fingerprint density at radius 1 is 1.17 bits per heavy atom. The molecule has 2 rings (SSSR count). The molecule has 0 bridgehead atoms. The molecule has 94 valence electrons. The van der Waals surface area contributed by atoms with Crippen LogP contribution < -0.4 is 0 Å². The van der Waals surface area contributed by atoms with Crippen LogP contribution in [0.5, 0.6) is 0 Å². The number of pyridine rings is 1. The monoisotopic (exact) mass is 245 g/mol. The van der Waals surface area contributed by atoms with Gasteiger partial charge in [-0.1, -0.05) is 18.2 Å². The van der Waals surface area contributed by atoms with E-state index in [0.29, 0.717) is 5.56 Å². The Labute approximate surface area is 106 Å². The largest absolute Gasteiger partial charge is 0.381 e. The predicted octanol–water partition coefficient (Wildman–Crippen LogP) is 3.09. The Balaban J connectivity index is 2.54. The van der Waals surface area contributed by atoms with Crippen LogP contribution in [0.25, 0.3) is 0 Å². The van der Waals surface area contributed by atoms with Gasteiger partial charge in [0, 0.05) is 11.8 Å². The maximum atomic E-state index is 13.7. The van der Waals surface area contributed by atoms with Crippen molar-refractivity contribution in [3.05, 3.63) is 64.7 Å². The fraction of sp³-hybridized carbons (Fsp3) is 0.267. The van der Waals surface area contributed by atoms with Gasteiger partial charge in [-0.15, -0.1) is 0 Å². The molecule has 0 saturated heterocycles. The van der Waals surface area contributed by atoms with E-state index in [2.05, 4.69) is 4.98 Å². The zero-order valence-electron chi connectivity index (χ0n) is 10.7. The summed E-state index contributed by atoms with van der Waals surface area (Å²) >= 11 is 0. The minimum absolute atomic E-state index is 0.237. The number of hydrogen-bond donors (Lipinski definition) is 1. The zero-order chi connectivity index (χ0) is 13.3. The summed E-state index contributed by atoms with van der Waals surface area (Å²) in [7, 11) is 0. The number of aromatic nitrogens is 1. The third kappa shape index (κ3) is 2.14. The Hall–Kier alpha value is -1.74. The lowest BCUT2D eigenvalue weighted by atomic mass is 9.87. The van der Waals surface area contributed by atoms with E-state index in [9.17, 15) is 9.50 Å². The molecule has 0 fully saturated rings. The van der Waals surface area contributed by atoms with Gasteiger partial charge in [-0.25, -0.2) is 4.39 Å². The molecule has 0 saturated carbocycles. The van der Waals surface area contributed by atoms with Gasteiger partial charge in [0.2, 0.25) is 0 Å². The number of nitrogens with zero attached hydrogens (tertiary/aromatic N) is 1. The zero-order valence-corrected chi connectivity index (χ0v) is 10.7. The van der Waals surface area contributed by atoms with Gasteiger partial charge in [-0.3, -0.25) is 4.98 Å². The molecule has 1 N–H and O–H groups in total. The standard InChI is InChI=1S/C15H16FNO/c1-10-4-5-12(8-11(10)2)15(3,18)13-6-7-17-9-14(13)16/h4-9,18H,1-3H3. The van der Waals surface area contributed by atoms with Gasteiger partial charge in [0.15, 0.2) is 0 Å². The van der Waals surface area contributed by atoms with Crippen molar-refractivity contribution in [3.8, 4) is 0 Å². The van der Waals surface area contributed by atoms with E-state index in [0.717, 1.165) is 17.3 Å². The first-order valence-corrected chi connectivity index (χ1v) is 5.83. The molecule has 2 aromatic rings. The second-order valence-corrected chi connectivity index (χ2v) is 4.73. The van der Waals surface area contributed by atoms with E-state index in [4.69, 9.17) is 0 Å². The van der Waals surface area contributed by atoms with Crippen molar-refractivity contribution in [1.29, 1.82) is 0 Å².